The molecule has 5 nitrogen and oxygen atoms in total. The van der Waals surface area contributed by atoms with Gasteiger partial charge in [-0.25, -0.2) is 0 Å². The molecule has 3 unspecified atom stereocenters. The zero-order chi connectivity index (χ0) is 16.1. The molecule has 0 radical (unpaired) electrons. The quantitative estimate of drug-likeness (QED) is 0.720. The van der Waals surface area contributed by atoms with Gasteiger partial charge in [-0.05, 0) is 37.3 Å². The molecular formula is C18H25N3O2. The molecule has 2 aliphatic rings. The van der Waals surface area contributed by atoms with Gasteiger partial charge in [-0.15, -0.1) is 0 Å². The lowest BCUT2D eigenvalue weighted by Crippen LogP contribution is -2.45. The van der Waals surface area contributed by atoms with Gasteiger partial charge in [0, 0.05) is 24.7 Å². The lowest BCUT2D eigenvalue weighted by Gasteiger charge is -2.24. The summed E-state index contributed by atoms with van der Waals surface area (Å²) in [6.07, 6.45) is 5.96. The molecule has 0 bridgehead atoms. The average Bonchev–Trinajstić information content (AvgIpc) is 3.03. The van der Waals surface area contributed by atoms with E-state index in [-0.39, 0.29) is 17.9 Å². The van der Waals surface area contributed by atoms with Crippen molar-refractivity contribution < 1.29 is 9.59 Å². The number of rotatable bonds is 5. The zero-order valence-electron chi connectivity index (χ0n) is 13.4. The summed E-state index contributed by atoms with van der Waals surface area (Å²) >= 11 is 0. The number of fused-ring (bicyclic) bond motifs is 1. The minimum atomic E-state index is -0.107. The van der Waals surface area contributed by atoms with Gasteiger partial charge in [0.25, 0.3) is 5.91 Å². The molecule has 124 valence electrons. The van der Waals surface area contributed by atoms with Gasteiger partial charge in [0.2, 0.25) is 5.91 Å². The average molecular weight is 315 g/mol. The summed E-state index contributed by atoms with van der Waals surface area (Å²) in [5.74, 6) is 0.621. The molecule has 2 amide bonds. The molecule has 1 heterocycles. The summed E-state index contributed by atoms with van der Waals surface area (Å²) in [6.45, 7) is 0.907. The van der Waals surface area contributed by atoms with Gasteiger partial charge in [0.15, 0.2) is 0 Å². The highest BCUT2D eigenvalue weighted by Gasteiger charge is 2.37. The van der Waals surface area contributed by atoms with Gasteiger partial charge in [-0.2, -0.15) is 0 Å². The molecule has 3 rings (SSSR count). The topological polar surface area (TPSA) is 70.2 Å². The number of amides is 2. The first-order chi connectivity index (χ1) is 11.2. The van der Waals surface area contributed by atoms with Crippen molar-refractivity contribution in [3.05, 3.63) is 35.9 Å². The summed E-state index contributed by atoms with van der Waals surface area (Å²) in [5.41, 5.74) is 0.639. The fourth-order valence-electron chi connectivity index (χ4n) is 3.70. The molecule has 2 fully saturated rings. The Morgan fingerprint density at radius 3 is 2.57 bits per heavy atom. The van der Waals surface area contributed by atoms with Crippen molar-refractivity contribution in [3.63, 3.8) is 0 Å². The minimum Gasteiger partial charge on any atom is -0.353 e. The van der Waals surface area contributed by atoms with Crippen molar-refractivity contribution in [1.29, 1.82) is 0 Å². The van der Waals surface area contributed by atoms with Gasteiger partial charge in [-0.1, -0.05) is 31.0 Å². The molecule has 3 atom stereocenters. The minimum absolute atomic E-state index is 0.0621. The van der Waals surface area contributed by atoms with Crippen LogP contribution >= 0.6 is 0 Å². The lowest BCUT2D eigenvalue weighted by atomic mass is 9.85. The van der Waals surface area contributed by atoms with Crippen molar-refractivity contribution in [2.75, 3.05) is 13.1 Å². The second kappa shape index (κ2) is 7.59. The van der Waals surface area contributed by atoms with E-state index in [4.69, 9.17) is 0 Å². The molecule has 0 spiro atoms. The standard InChI is InChI=1S/C18H25N3O2/c22-17(13-6-2-1-3-7-13)19-10-11-20-18(23)16-12-14-8-4-5-9-15(14)21-16/h1-3,6-7,14-16,21H,4-5,8-12H2,(H,19,22)(H,20,23). The molecule has 1 aromatic carbocycles. The number of nitrogens with one attached hydrogen (secondary N) is 3. The van der Waals surface area contributed by atoms with Crippen molar-refractivity contribution >= 4 is 11.8 Å². The Morgan fingerprint density at radius 2 is 1.78 bits per heavy atom. The van der Waals surface area contributed by atoms with E-state index < -0.39 is 0 Å². The monoisotopic (exact) mass is 315 g/mol. The molecule has 5 heteroatoms. The van der Waals surface area contributed by atoms with Crippen molar-refractivity contribution in [2.45, 2.75) is 44.2 Å². The number of hydrogen-bond donors (Lipinski definition) is 3. The van der Waals surface area contributed by atoms with E-state index in [1.54, 1.807) is 12.1 Å². The van der Waals surface area contributed by atoms with Gasteiger partial charge >= 0.3 is 0 Å². The van der Waals surface area contributed by atoms with Crippen LogP contribution in [0.25, 0.3) is 0 Å². The van der Waals surface area contributed by atoms with Crippen LogP contribution in [0.2, 0.25) is 0 Å². The van der Waals surface area contributed by atoms with Crippen LogP contribution in [-0.4, -0.2) is 37.0 Å². The summed E-state index contributed by atoms with van der Waals surface area (Å²) in [5, 5.41) is 9.21. The van der Waals surface area contributed by atoms with Gasteiger partial charge < -0.3 is 16.0 Å². The summed E-state index contributed by atoms with van der Waals surface area (Å²) < 4.78 is 0. The van der Waals surface area contributed by atoms with Crippen LogP contribution in [0.5, 0.6) is 0 Å². The third kappa shape index (κ3) is 4.10. The number of hydrogen-bond acceptors (Lipinski definition) is 3. The van der Waals surface area contributed by atoms with Crippen molar-refractivity contribution in [2.24, 2.45) is 5.92 Å². The number of carbonyl (C=O) groups is 2. The second-order valence-corrected chi connectivity index (χ2v) is 6.52. The summed E-state index contributed by atoms with van der Waals surface area (Å²) in [6, 6.07) is 9.56. The van der Waals surface area contributed by atoms with E-state index in [9.17, 15) is 9.59 Å². The third-order valence-electron chi connectivity index (χ3n) is 4.93. The fourth-order valence-corrected chi connectivity index (χ4v) is 3.70. The van der Waals surface area contributed by atoms with Crippen LogP contribution < -0.4 is 16.0 Å². The maximum Gasteiger partial charge on any atom is 0.251 e. The Balaban J connectivity index is 1.36. The number of benzene rings is 1. The Hall–Kier alpha value is -1.88. The normalized spacial score (nSPS) is 26.3. The smallest absolute Gasteiger partial charge is 0.251 e. The first-order valence-corrected chi connectivity index (χ1v) is 8.61. The highest BCUT2D eigenvalue weighted by atomic mass is 16.2. The molecule has 3 N–H and O–H groups in total. The van der Waals surface area contributed by atoms with Crippen molar-refractivity contribution in [1.82, 2.24) is 16.0 Å². The van der Waals surface area contributed by atoms with E-state index in [0.29, 0.717) is 30.6 Å². The SMILES string of the molecule is O=C(NCCNC(=O)C1CC2CCCCC2N1)c1ccccc1. The van der Waals surface area contributed by atoms with Crippen LogP contribution in [0, 0.1) is 5.92 Å². The highest BCUT2D eigenvalue weighted by Crippen LogP contribution is 2.33. The van der Waals surface area contributed by atoms with Crippen LogP contribution in [-0.2, 0) is 4.79 Å². The lowest BCUT2D eigenvalue weighted by molar-refractivity contribution is -0.122. The molecule has 1 aliphatic carbocycles. The predicted octanol–water partition coefficient (Wildman–Crippen LogP) is 1.45. The van der Waals surface area contributed by atoms with E-state index in [1.807, 2.05) is 18.2 Å². The second-order valence-electron chi connectivity index (χ2n) is 6.52. The highest BCUT2D eigenvalue weighted by molar-refractivity contribution is 5.94. The van der Waals surface area contributed by atoms with Crippen LogP contribution in [0.15, 0.2) is 30.3 Å². The Bertz CT molecular complexity index is 532. The molecule has 0 aromatic heterocycles. The Kier molecular flexibility index (Phi) is 5.28. The van der Waals surface area contributed by atoms with E-state index in [1.165, 1.54) is 25.7 Å². The zero-order valence-corrected chi connectivity index (χ0v) is 13.4. The van der Waals surface area contributed by atoms with Crippen LogP contribution in [0.1, 0.15) is 42.5 Å². The third-order valence-corrected chi connectivity index (χ3v) is 4.93. The van der Waals surface area contributed by atoms with E-state index in [0.717, 1.165) is 6.42 Å². The first kappa shape index (κ1) is 16.0. The largest absolute Gasteiger partial charge is 0.353 e. The molecule has 1 aromatic rings. The molecule has 1 aliphatic heterocycles. The molecule has 1 saturated carbocycles. The van der Waals surface area contributed by atoms with E-state index >= 15 is 0 Å². The maximum absolute atomic E-state index is 12.2. The van der Waals surface area contributed by atoms with E-state index in [2.05, 4.69) is 16.0 Å². The first-order valence-electron chi connectivity index (χ1n) is 8.61. The molecule has 1 saturated heterocycles. The Morgan fingerprint density at radius 1 is 1.04 bits per heavy atom. The van der Waals surface area contributed by atoms with Gasteiger partial charge in [0.05, 0.1) is 6.04 Å². The molecular weight excluding hydrogens is 290 g/mol. The van der Waals surface area contributed by atoms with Crippen molar-refractivity contribution in [3.8, 4) is 0 Å². The van der Waals surface area contributed by atoms with Gasteiger partial charge in [0.1, 0.15) is 0 Å². The van der Waals surface area contributed by atoms with Crippen LogP contribution in [0.3, 0.4) is 0 Å². The summed E-state index contributed by atoms with van der Waals surface area (Å²) in [7, 11) is 0. The molecule has 23 heavy (non-hydrogen) atoms. The predicted molar refractivity (Wildman–Crippen MR) is 89.1 cm³/mol. The summed E-state index contributed by atoms with van der Waals surface area (Å²) in [4.78, 5) is 24.1. The van der Waals surface area contributed by atoms with Gasteiger partial charge in [-0.3, -0.25) is 9.59 Å². The van der Waals surface area contributed by atoms with Crippen LogP contribution in [0.4, 0.5) is 0 Å². The Labute approximate surface area is 137 Å². The number of carbonyl (C=O) groups excluding carboxylic acids is 2. The fraction of sp³-hybridized carbons (Fsp3) is 0.556. The maximum atomic E-state index is 12.2.